The van der Waals surface area contributed by atoms with Crippen molar-refractivity contribution < 1.29 is 14.3 Å². The first-order valence-electron chi connectivity index (χ1n) is 7.94. The number of nitrogens with zero attached hydrogens (tertiary/aromatic N) is 1. The Balaban J connectivity index is 1.87. The summed E-state index contributed by atoms with van der Waals surface area (Å²) in [5.74, 6) is 1.42. The normalized spacial score (nSPS) is 13.3. The first kappa shape index (κ1) is 14.6. The molecule has 5 heteroatoms. The van der Waals surface area contributed by atoms with Gasteiger partial charge in [-0.2, -0.15) is 0 Å². The number of benzene rings is 2. The maximum Gasteiger partial charge on any atom is 0.262 e. The SMILES string of the molecule is CCn1c(-c2ccc3c(c2)NC(=O)CO3)cc2ccc(OC)cc21. The van der Waals surface area contributed by atoms with Crippen LogP contribution in [0.5, 0.6) is 11.5 Å². The number of hydrogen-bond acceptors (Lipinski definition) is 3. The smallest absolute Gasteiger partial charge is 0.262 e. The highest BCUT2D eigenvalue weighted by atomic mass is 16.5. The van der Waals surface area contributed by atoms with E-state index in [1.165, 1.54) is 0 Å². The van der Waals surface area contributed by atoms with E-state index in [9.17, 15) is 4.79 Å². The lowest BCUT2D eigenvalue weighted by molar-refractivity contribution is -0.118. The molecule has 122 valence electrons. The Morgan fingerprint density at radius 3 is 2.88 bits per heavy atom. The Morgan fingerprint density at radius 1 is 1.21 bits per heavy atom. The highest BCUT2D eigenvalue weighted by Crippen LogP contribution is 2.35. The van der Waals surface area contributed by atoms with Crippen LogP contribution in [-0.2, 0) is 11.3 Å². The Bertz CT molecular complexity index is 943. The first-order chi connectivity index (χ1) is 11.7. The second kappa shape index (κ2) is 5.60. The minimum absolute atomic E-state index is 0.0708. The lowest BCUT2D eigenvalue weighted by Gasteiger charge is -2.19. The quantitative estimate of drug-likeness (QED) is 0.800. The van der Waals surface area contributed by atoms with Crippen LogP contribution in [0.25, 0.3) is 22.2 Å². The van der Waals surface area contributed by atoms with Crippen LogP contribution in [0.4, 0.5) is 5.69 Å². The van der Waals surface area contributed by atoms with Gasteiger partial charge in [0.1, 0.15) is 11.5 Å². The molecule has 2 heterocycles. The number of rotatable bonds is 3. The van der Waals surface area contributed by atoms with Gasteiger partial charge >= 0.3 is 0 Å². The lowest BCUT2D eigenvalue weighted by Crippen LogP contribution is -2.25. The molecule has 0 radical (unpaired) electrons. The van der Waals surface area contributed by atoms with Crippen molar-refractivity contribution in [3.05, 3.63) is 42.5 Å². The third kappa shape index (κ3) is 2.29. The van der Waals surface area contributed by atoms with Crippen LogP contribution < -0.4 is 14.8 Å². The number of aryl methyl sites for hydroxylation is 1. The molecule has 1 N–H and O–H groups in total. The summed E-state index contributed by atoms with van der Waals surface area (Å²) in [6.45, 7) is 3.03. The maximum absolute atomic E-state index is 11.6. The van der Waals surface area contributed by atoms with Gasteiger partial charge in [0.15, 0.2) is 6.61 Å². The minimum Gasteiger partial charge on any atom is -0.497 e. The topological polar surface area (TPSA) is 52.5 Å². The zero-order valence-electron chi connectivity index (χ0n) is 13.6. The third-order valence-corrected chi connectivity index (χ3v) is 4.34. The second-order valence-electron chi connectivity index (χ2n) is 5.75. The van der Waals surface area contributed by atoms with Crippen molar-refractivity contribution in [1.29, 1.82) is 0 Å². The third-order valence-electron chi connectivity index (χ3n) is 4.34. The molecule has 0 bridgehead atoms. The van der Waals surface area contributed by atoms with Crippen molar-refractivity contribution >= 4 is 22.5 Å². The molecule has 0 atom stereocenters. The van der Waals surface area contributed by atoms with Gasteiger partial charge in [0.2, 0.25) is 0 Å². The molecule has 0 saturated heterocycles. The standard InChI is InChI=1S/C19H18N2O3/c1-3-21-16(9-13-4-6-14(23-2)10-17(13)21)12-5-7-18-15(8-12)20-19(22)11-24-18/h4-10H,3,11H2,1-2H3,(H,20,22). The van der Waals surface area contributed by atoms with Gasteiger partial charge in [-0.1, -0.05) is 0 Å². The van der Waals surface area contributed by atoms with Gasteiger partial charge in [0.25, 0.3) is 5.91 Å². The molecule has 3 aromatic rings. The zero-order valence-corrected chi connectivity index (χ0v) is 13.6. The van der Waals surface area contributed by atoms with Gasteiger partial charge in [-0.15, -0.1) is 0 Å². The van der Waals surface area contributed by atoms with Crippen molar-refractivity contribution in [1.82, 2.24) is 4.57 Å². The van der Waals surface area contributed by atoms with E-state index in [-0.39, 0.29) is 12.5 Å². The van der Waals surface area contributed by atoms with Crippen molar-refractivity contribution in [3.8, 4) is 22.8 Å². The van der Waals surface area contributed by atoms with E-state index in [4.69, 9.17) is 9.47 Å². The number of hydrogen-bond donors (Lipinski definition) is 1. The number of anilines is 1. The van der Waals surface area contributed by atoms with E-state index in [1.54, 1.807) is 7.11 Å². The van der Waals surface area contributed by atoms with Crippen LogP contribution >= 0.6 is 0 Å². The number of methoxy groups -OCH3 is 1. The molecule has 1 amide bonds. The summed E-state index contributed by atoms with van der Waals surface area (Å²) < 4.78 is 13.0. The molecular formula is C19H18N2O3. The number of nitrogens with one attached hydrogen (secondary N) is 1. The molecule has 1 aliphatic rings. The summed E-state index contributed by atoms with van der Waals surface area (Å²) in [4.78, 5) is 11.6. The molecule has 0 saturated carbocycles. The van der Waals surface area contributed by atoms with Gasteiger partial charge in [0, 0.05) is 29.3 Å². The monoisotopic (exact) mass is 322 g/mol. The molecule has 2 aromatic carbocycles. The molecule has 1 aromatic heterocycles. The number of carbonyl (C=O) groups excluding carboxylic acids is 1. The van der Waals surface area contributed by atoms with Gasteiger partial charge < -0.3 is 19.4 Å². The average molecular weight is 322 g/mol. The predicted octanol–water partition coefficient (Wildman–Crippen LogP) is 3.67. The fourth-order valence-corrected chi connectivity index (χ4v) is 3.18. The summed E-state index contributed by atoms with van der Waals surface area (Å²) in [5, 5.41) is 4.02. The number of carbonyl (C=O) groups is 1. The zero-order chi connectivity index (χ0) is 16.7. The van der Waals surface area contributed by atoms with E-state index < -0.39 is 0 Å². The van der Waals surface area contributed by atoms with Gasteiger partial charge in [-0.3, -0.25) is 4.79 Å². The fourth-order valence-electron chi connectivity index (χ4n) is 3.18. The fraction of sp³-hybridized carbons (Fsp3) is 0.211. The minimum atomic E-state index is -0.125. The van der Waals surface area contributed by atoms with Crippen molar-refractivity contribution in [2.24, 2.45) is 0 Å². The maximum atomic E-state index is 11.6. The molecule has 24 heavy (non-hydrogen) atoms. The van der Waals surface area contributed by atoms with Gasteiger partial charge in [-0.05, 0) is 43.3 Å². The molecule has 4 rings (SSSR count). The number of amides is 1. The Labute approximate surface area is 139 Å². The predicted molar refractivity (Wildman–Crippen MR) is 93.7 cm³/mol. The van der Waals surface area contributed by atoms with E-state index in [1.807, 2.05) is 30.3 Å². The number of ether oxygens (including phenoxy) is 2. The highest BCUT2D eigenvalue weighted by Gasteiger charge is 2.18. The van der Waals surface area contributed by atoms with Crippen LogP contribution in [0, 0.1) is 0 Å². The summed E-state index contributed by atoms with van der Waals surface area (Å²) in [7, 11) is 1.67. The van der Waals surface area contributed by atoms with Crippen LogP contribution in [0.2, 0.25) is 0 Å². The molecule has 0 fully saturated rings. The second-order valence-corrected chi connectivity index (χ2v) is 5.75. The van der Waals surface area contributed by atoms with Crippen molar-refractivity contribution in [2.45, 2.75) is 13.5 Å². The Hall–Kier alpha value is -2.95. The van der Waals surface area contributed by atoms with E-state index in [2.05, 4.69) is 28.9 Å². The molecule has 0 spiro atoms. The highest BCUT2D eigenvalue weighted by molar-refractivity contribution is 5.96. The van der Waals surface area contributed by atoms with Gasteiger partial charge in [0.05, 0.1) is 18.3 Å². The largest absolute Gasteiger partial charge is 0.497 e. The average Bonchev–Trinajstić information content (AvgIpc) is 2.98. The van der Waals surface area contributed by atoms with Gasteiger partial charge in [-0.25, -0.2) is 0 Å². The van der Waals surface area contributed by atoms with Crippen LogP contribution in [0.3, 0.4) is 0 Å². The molecule has 0 unspecified atom stereocenters. The summed E-state index contributed by atoms with van der Waals surface area (Å²) in [5.41, 5.74) is 3.99. The van der Waals surface area contributed by atoms with E-state index in [0.717, 1.165) is 34.5 Å². The summed E-state index contributed by atoms with van der Waals surface area (Å²) in [6, 6.07) is 14.1. The Morgan fingerprint density at radius 2 is 2.08 bits per heavy atom. The molecule has 5 nitrogen and oxygen atoms in total. The summed E-state index contributed by atoms with van der Waals surface area (Å²) in [6.07, 6.45) is 0. The molecule has 0 aliphatic carbocycles. The number of fused-ring (bicyclic) bond motifs is 2. The lowest BCUT2D eigenvalue weighted by atomic mass is 10.1. The first-order valence-corrected chi connectivity index (χ1v) is 7.94. The summed E-state index contributed by atoms with van der Waals surface area (Å²) >= 11 is 0. The molecule has 1 aliphatic heterocycles. The Kier molecular flexibility index (Phi) is 3.41. The van der Waals surface area contributed by atoms with Crippen LogP contribution in [-0.4, -0.2) is 24.2 Å². The molecular weight excluding hydrogens is 304 g/mol. The van der Waals surface area contributed by atoms with Crippen LogP contribution in [0.1, 0.15) is 6.92 Å². The van der Waals surface area contributed by atoms with Crippen molar-refractivity contribution in [2.75, 3.05) is 19.0 Å². The van der Waals surface area contributed by atoms with Crippen LogP contribution in [0.15, 0.2) is 42.5 Å². The van der Waals surface area contributed by atoms with E-state index >= 15 is 0 Å². The number of aromatic nitrogens is 1. The van der Waals surface area contributed by atoms with Crippen molar-refractivity contribution in [3.63, 3.8) is 0 Å². The van der Waals surface area contributed by atoms with E-state index in [0.29, 0.717) is 11.4 Å².